The highest BCUT2D eigenvalue weighted by molar-refractivity contribution is 6.33. The van der Waals surface area contributed by atoms with E-state index in [1.807, 2.05) is 0 Å². The highest BCUT2D eigenvalue weighted by atomic mass is 35.5. The molecular weight excluding hydrogens is 349 g/mol. The minimum atomic E-state index is -1.09. The van der Waals surface area contributed by atoms with Gasteiger partial charge in [0.15, 0.2) is 11.6 Å². The van der Waals surface area contributed by atoms with E-state index in [1.54, 1.807) is 6.92 Å². The summed E-state index contributed by atoms with van der Waals surface area (Å²) in [6, 6.07) is 5.76. The first-order valence-electron chi connectivity index (χ1n) is 8.59. The van der Waals surface area contributed by atoms with Crippen molar-refractivity contribution in [2.24, 2.45) is 0 Å². The molecule has 0 N–H and O–H groups in total. The van der Waals surface area contributed by atoms with Crippen molar-refractivity contribution in [2.75, 3.05) is 6.61 Å². The van der Waals surface area contributed by atoms with Gasteiger partial charge < -0.3 is 4.74 Å². The molecule has 0 aromatic heterocycles. The lowest BCUT2D eigenvalue weighted by Gasteiger charge is -2.12. The Balaban J connectivity index is 2.24. The topological polar surface area (TPSA) is 9.23 Å². The van der Waals surface area contributed by atoms with Crippen LogP contribution in [0.25, 0.3) is 11.1 Å². The van der Waals surface area contributed by atoms with Crippen molar-refractivity contribution >= 4 is 11.6 Å². The van der Waals surface area contributed by atoms with Crippen LogP contribution in [-0.2, 0) is 6.42 Å². The number of halogens is 4. The summed E-state index contributed by atoms with van der Waals surface area (Å²) in [7, 11) is 0. The van der Waals surface area contributed by atoms with E-state index in [4.69, 9.17) is 16.3 Å². The van der Waals surface area contributed by atoms with E-state index >= 15 is 0 Å². The van der Waals surface area contributed by atoms with Crippen molar-refractivity contribution in [3.8, 4) is 16.9 Å². The molecule has 0 fully saturated rings. The zero-order valence-electron chi connectivity index (χ0n) is 14.5. The van der Waals surface area contributed by atoms with Crippen molar-refractivity contribution in [1.29, 1.82) is 0 Å². The van der Waals surface area contributed by atoms with Crippen molar-refractivity contribution < 1.29 is 17.9 Å². The van der Waals surface area contributed by atoms with Gasteiger partial charge in [0.05, 0.1) is 11.6 Å². The predicted molar refractivity (Wildman–Crippen MR) is 95.8 cm³/mol. The van der Waals surface area contributed by atoms with Crippen LogP contribution in [-0.4, -0.2) is 6.61 Å². The van der Waals surface area contributed by atoms with Gasteiger partial charge in [0, 0.05) is 11.1 Å². The summed E-state index contributed by atoms with van der Waals surface area (Å²) in [4.78, 5) is 0. The van der Waals surface area contributed by atoms with E-state index in [9.17, 15) is 13.2 Å². The second-order valence-corrected chi connectivity index (χ2v) is 6.28. The monoisotopic (exact) mass is 370 g/mol. The molecular formula is C20H22ClF3O. The fourth-order valence-corrected chi connectivity index (χ4v) is 2.92. The average Bonchev–Trinajstić information content (AvgIpc) is 2.61. The maximum Gasteiger partial charge on any atom is 0.201 e. The molecule has 0 saturated carbocycles. The number of aryl methyl sites for hydroxylation is 1. The van der Waals surface area contributed by atoms with Gasteiger partial charge in [-0.2, -0.15) is 4.39 Å². The molecule has 0 radical (unpaired) electrons. The fraction of sp³-hybridized carbons (Fsp3) is 0.400. The number of rotatable bonds is 8. The molecule has 5 heteroatoms. The third kappa shape index (κ3) is 4.49. The van der Waals surface area contributed by atoms with Gasteiger partial charge in [-0.15, -0.1) is 0 Å². The molecule has 2 rings (SSSR count). The van der Waals surface area contributed by atoms with Gasteiger partial charge in [-0.05, 0) is 30.5 Å². The quantitative estimate of drug-likeness (QED) is 0.457. The standard InChI is InChI=1S/C20H22ClF3O/c1-3-5-6-7-12-25-16-11-10-15(19(23)20(16)24)14-9-8-13(4-2)18(22)17(14)21/h8-11H,3-7,12H2,1-2H3. The maximum atomic E-state index is 14.4. The Labute approximate surface area is 151 Å². The van der Waals surface area contributed by atoms with Crippen molar-refractivity contribution in [2.45, 2.75) is 46.0 Å². The molecule has 25 heavy (non-hydrogen) atoms. The van der Waals surface area contributed by atoms with Gasteiger partial charge in [-0.25, -0.2) is 8.78 Å². The van der Waals surface area contributed by atoms with Gasteiger partial charge in [0.1, 0.15) is 5.82 Å². The zero-order chi connectivity index (χ0) is 18.4. The second kappa shape index (κ2) is 9.14. The van der Waals surface area contributed by atoms with Crippen LogP contribution >= 0.6 is 11.6 Å². The average molecular weight is 371 g/mol. The number of benzene rings is 2. The first-order chi connectivity index (χ1) is 12.0. The minimum absolute atomic E-state index is 0.0811. The Morgan fingerprint density at radius 3 is 2.24 bits per heavy atom. The molecule has 0 aliphatic rings. The summed E-state index contributed by atoms with van der Waals surface area (Å²) in [5, 5.41) is -0.203. The molecule has 0 saturated heterocycles. The van der Waals surface area contributed by atoms with Crippen LogP contribution < -0.4 is 4.74 Å². The molecule has 1 nitrogen and oxygen atoms in total. The molecule has 0 bridgehead atoms. The van der Waals surface area contributed by atoms with Crippen LogP contribution in [0.3, 0.4) is 0 Å². The van der Waals surface area contributed by atoms with Crippen LogP contribution in [0, 0.1) is 17.5 Å². The summed E-state index contributed by atoms with van der Waals surface area (Å²) in [6.45, 7) is 4.22. The summed E-state index contributed by atoms with van der Waals surface area (Å²) in [6.07, 6.45) is 4.40. The van der Waals surface area contributed by atoms with E-state index in [-0.39, 0.29) is 21.9 Å². The molecule has 0 amide bonds. The van der Waals surface area contributed by atoms with Crippen LogP contribution in [0.15, 0.2) is 24.3 Å². The molecule has 2 aromatic rings. The fourth-order valence-electron chi connectivity index (χ4n) is 2.63. The summed E-state index contributed by atoms with van der Waals surface area (Å²) in [5.74, 6) is -2.90. The van der Waals surface area contributed by atoms with Gasteiger partial charge in [-0.3, -0.25) is 0 Å². The second-order valence-electron chi connectivity index (χ2n) is 5.90. The van der Waals surface area contributed by atoms with Crippen molar-refractivity contribution in [3.63, 3.8) is 0 Å². The molecule has 2 aromatic carbocycles. The minimum Gasteiger partial charge on any atom is -0.490 e. The van der Waals surface area contributed by atoms with Gasteiger partial charge in [-0.1, -0.05) is 56.8 Å². The lowest BCUT2D eigenvalue weighted by Crippen LogP contribution is -2.02. The Hall–Kier alpha value is -1.68. The first kappa shape index (κ1) is 19.6. The van der Waals surface area contributed by atoms with Gasteiger partial charge in [0.25, 0.3) is 0 Å². The number of hydrogen-bond donors (Lipinski definition) is 0. The maximum absolute atomic E-state index is 14.4. The predicted octanol–water partition coefficient (Wildman–Crippen LogP) is 6.95. The van der Waals surface area contributed by atoms with E-state index in [0.29, 0.717) is 18.6 Å². The third-order valence-corrected chi connectivity index (χ3v) is 4.51. The normalized spacial score (nSPS) is 11.0. The highest BCUT2D eigenvalue weighted by Crippen LogP contribution is 2.36. The lowest BCUT2D eigenvalue weighted by molar-refractivity contribution is 0.285. The highest BCUT2D eigenvalue weighted by Gasteiger charge is 2.20. The smallest absolute Gasteiger partial charge is 0.201 e. The van der Waals surface area contributed by atoms with E-state index in [0.717, 1.165) is 25.7 Å². The van der Waals surface area contributed by atoms with Gasteiger partial charge >= 0.3 is 0 Å². The van der Waals surface area contributed by atoms with Crippen LogP contribution in [0.2, 0.25) is 5.02 Å². The van der Waals surface area contributed by atoms with E-state index in [1.165, 1.54) is 24.3 Å². The summed E-state index contributed by atoms with van der Waals surface area (Å²) < 4.78 is 48.2. The zero-order valence-corrected chi connectivity index (χ0v) is 15.2. The van der Waals surface area contributed by atoms with E-state index in [2.05, 4.69) is 6.92 Å². The largest absolute Gasteiger partial charge is 0.490 e. The molecule has 0 aliphatic heterocycles. The number of hydrogen-bond acceptors (Lipinski definition) is 1. The molecule has 0 aliphatic carbocycles. The Bertz CT molecular complexity index is 731. The Morgan fingerprint density at radius 2 is 1.56 bits per heavy atom. The summed E-state index contributed by atoms with van der Waals surface area (Å²) in [5.41, 5.74) is 0.478. The number of ether oxygens (including phenoxy) is 1. The van der Waals surface area contributed by atoms with Crippen LogP contribution in [0.1, 0.15) is 45.1 Å². The lowest BCUT2D eigenvalue weighted by atomic mass is 10.0. The Morgan fingerprint density at radius 1 is 0.840 bits per heavy atom. The molecule has 0 unspecified atom stereocenters. The SMILES string of the molecule is CCCCCCOc1ccc(-c2ccc(CC)c(F)c2Cl)c(F)c1F. The first-order valence-corrected chi connectivity index (χ1v) is 8.97. The summed E-state index contributed by atoms with van der Waals surface area (Å²) >= 11 is 6.01. The Kier molecular flexibility index (Phi) is 7.18. The third-order valence-electron chi connectivity index (χ3n) is 4.14. The number of unbranched alkanes of at least 4 members (excludes halogenated alkanes) is 3. The van der Waals surface area contributed by atoms with E-state index < -0.39 is 17.5 Å². The van der Waals surface area contributed by atoms with Crippen LogP contribution in [0.4, 0.5) is 13.2 Å². The van der Waals surface area contributed by atoms with Crippen molar-refractivity contribution in [1.82, 2.24) is 0 Å². The van der Waals surface area contributed by atoms with Crippen LogP contribution in [0.5, 0.6) is 5.75 Å². The molecule has 0 atom stereocenters. The molecule has 0 spiro atoms. The molecule has 0 heterocycles. The van der Waals surface area contributed by atoms with Crippen molar-refractivity contribution in [3.05, 3.63) is 52.3 Å². The molecule has 136 valence electrons. The van der Waals surface area contributed by atoms with Gasteiger partial charge in [0.2, 0.25) is 5.82 Å².